The van der Waals surface area contributed by atoms with E-state index in [4.69, 9.17) is 10.00 Å². The van der Waals surface area contributed by atoms with Crippen LogP contribution in [-0.2, 0) is 26.1 Å². The summed E-state index contributed by atoms with van der Waals surface area (Å²) in [5.74, 6) is -0.248. The minimum absolute atomic E-state index is 0.187. The topological polar surface area (TPSA) is 103 Å². The van der Waals surface area contributed by atoms with Crippen molar-refractivity contribution in [3.8, 4) is 6.07 Å². The number of hydrogen-bond donors (Lipinski definition) is 1. The van der Waals surface area contributed by atoms with Crippen molar-refractivity contribution in [3.63, 3.8) is 0 Å². The number of benzene rings is 2. The lowest BCUT2D eigenvalue weighted by atomic mass is 10.1. The summed E-state index contributed by atoms with van der Waals surface area (Å²) in [6.45, 7) is 5.38. The maximum absolute atomic E-state index is 13.1. The lowest BCUT2D eigenvalue weighted by Gasteiger charge is -2.27. The van der Waals surface area contributed by atoms with E-state index in [-0.39, 0.29) is 10.8 Å². The number of carbonyl (C=O) groups is 1. The molecule has 2 aromatic rings. The Hall–Kier alpha value is -2.77. The van der Waals surface area contributed by atoms with E-state index in [9.17, 15) is 13.2 Å². The number of hydrogen-bond acceptors (Lipinski definition) is 6. The Kier molecular flexibility index (Phi) is 7.64. The molecule has 1 unspecified atom stereocenters. The maximum Gasteiger partial charge on any atom is 0.243 e. The number of nitrogens with one attached hydrogen (secondary N) is 1. The second kappa shape index (κ2) is 10.2. The van der Waals surface area contributed by atoms with E-state index < -0.39 is 16.1 Å². The molecule has 1 N–H and O–H groups in total. The first-order valence-electron chi connectivity index (χ1n) is 10.4. The van der Waals surface area contributed by atoms with Gasteiger partial charge in [0.2, 0.25) is 15.9 Å². The van der Waals surface area contributed by atoms with Crippen LogP contribution in [0.25, 0.3) is 0 Å². The molecule has 170 valence electrons. The normalized spacial score (nSPS) is 15.8. The molecule has 2 aromatic carbocycles. The van der Waals surface area contributed by atoms with Gasteiger partial charge in [0.05, 0.1) is 35.8 Å². The van der Waals surface area contributed by atoms with Crippen molar-refractivity contribution in [1.29, 1.82) is 5.26 Å². The molecular formula is C23H28N4O4S. The van der Waals surface area contributed by atoms with Crippen molar-refractivity contribution < 1.29 is 17.9 Å². The van der Waals surface area contributed by atoms with Gasteiger partial charge in [-0.2, -0.15) is 9.57 Å². The van der Waals surface area contributed by atoms with Crippen LogP contribution in [-0.4, -0.2) is 62.9 Å². The highest BCUT2D eigenvalue weighted by molar-refractivity contribution is 7.89. The Labute approximate surface area is 189 Å². The number of carbonyl (C=O) groups excluding carboxylic acids is 1. The molecule has 3 rings (SSSR count). The Balaban J connectivity index is 1.71. The van der Waals surface area contributed by atoms with Crippen LogP contribution in [0, 0.1) is 18.3 Å². The highest BCUT2D eigenvalue weighted by atomic mass is 32.2. The van der Waals surface area contributed by atoms with Crippen LogP contribution in [0.2, 0.25) is 0 Å². The number of amides is 1. The van der Waals surface area contributed by atoms with E-state index in [1.165, 1.54) is 10.4 Å². The van der Waals surface area contributed by atoms with E-state index in [1.807, 2.05) is 24.1 Å². The van der Waals surface area contributed by atoms with Gasteiger partial charge < -0.3 is 10.1 Å². The third-order valence-electron chi connectivity index (χ3n) is 5.57. The molecule has 1 aliphatic heterocycles. The minimum atomic E-state index is -3.67. The van der Waals surface area contributed by atoms with Crippen LogP contribution in [0.4, 0.5) is 5.69 Å². The van der Waals surface area contributed by atoms with E-state index >= 15 is 0 Å². The highest BCUT2D eigenvalue weighted by Crippen LogP contribution is 2.24. The molecule has 1 aliphatic rings. The van der Waals surface area contributed by atoms with Gasteiger partial charge in [-0.3, -0.25) is 9.69 Å². The van der Waals surface area contributed by atoms with Crippen LogP contribution in [0.1, 0.15) is 23.6 Å². The van der Waals surface area contributed by atoms with Gasteiger partial charge in [0, 0.05) is 25.3 Å². The fourth-order valence-corrected chi connectivity index (χ4v) is 5.15. The van der Waals surface area contributed by atoms with Crippen LogP contribution in [0.3, 0.4) is 0 Å². The summed E-state index contributed by atoms with van der Waals surface area (Å²) in [5.41, 5.74) is 2.55. The van der Waals surface area contributed by atoms with Gasteiger partial charge in [-0.25, -0.2) is 8.42 Å². The van der Waals surface area contributed by atoms with Crippen LogP contribution < -0.4 is 5.32 Å². The smallest absolute Gasteiger partial charge is 0.243 e. The van der Waals surface area contributed by atoms with E-state index in [2.05, 4.69) is 11.4 Å². The van der Waals surface area contributed by atoms with E-state index in [1.54, 1.807) is 38.1 Å². The molecule has 0 spiro atoms. The van der Waals surface area contributed by atoms with Crippen molar-refractivity contribution in [3.05, 3.63) is 59.2 Å². The molecule has 1 heterocycles. The number of sulfonamides is 1. The molecule has 1 atom stereocenters. The quantitative estimate of drug-likeness (QED) is 0.686. The van der Waals surface area contributed by atoms with Crippen molar-refractivity contribution >= 4 is 21.6 Å². The number of anilines is 1. The zero-order valence-electron chi connectivity index (χ0n) is 18.5. The summed E-state index contributed by atoms with van der Waals surface area (Å²) < 4.78 is 32.8. The second-order valence-electron chi connectivity index (χ2n) is 7.89. The van der Waals surface area contributed by atoms with E-state index in [0.717, 1.165) is 5.56 Å². The lowest BCUT2D eigenvalue weighted by molar-refractivity contribution is -0.120. The fraction of sp³-hybridized carbons (Fsp3) is 0.391. The molecule has 1 saturated heterocycles. The van der Waals surface area contributed by atoms with Gasteiger partial charge in [0.25, 0.3) is 0 Å². The van der Waals surface area contributed by atoms with Crippen LogP contribution >= 0.6 is 0 Å². The molecule has 9 heteroatoms. The average Bonchev–Trinajstić information content (AvgIpc) is 2.80. The Morgan fingerprint density at radius 3 is 2.66 bits per heavy atom. The van der Waals surface area contributed by atoms with Crippen molar-refractivity contribution in [2.24, 2.45) is 0 Å². The summed E-state index contributed by atoms with van der Waals surface area (Å²) in [6.07, 6.45) is 0. The minimum Gasteiger partial charge on any atom is -0.379 e. The lowest BCUT2D eigenvalue weighted by Crippen LogP contribution is -2.41. The second-order valence-corrected chi connectivity index (χ2v) is 9.80. The fourth-order valence-electron chi connectivity index (χ4n) is 3.49. The average molecular weight is 457 g/mol. The molecule has 0 aromatic heterocycles. The van der Waals surface area contributed by atoms with Gasteiger partial charge in [-0.05, 0) is 56.3 Å². The third kappa shape index (κ3) is 5.53. The summed E-state index contributed by atoms with van der Waals surface area (Å²) in [6, 6.07) is 13.8. The standard InChI is InChI=1S/C23H28N4O4S/c1-17-7-8-21(14-22(17)32(29,30)27-9-11-31-12-10-27)25-23(28)18(2)26(3)16-20-6-4-5-19(13-20)15-24/h4-8,13-14,18H,9-12,16H2,1-3H3,(H,25,28). The van der Waals surface area contributed by atoms with Gasteiger partial charge in [0.15, 0.2) is 0 Å². The summed E-state index contributed by atoms with van der Waals surface area (Å²) in [4.78, 5) is 14.9. The third-order valence-corrected chi connectivity index (χ3v) is 7.61. The Morgan fingerprint density at radius 1 is 1.25 bits per heavy atom. The molecule has 32 heavy (non-hydrogen) atoms. The van der Waals surface area contributed by atoms with Gasteiger partial charge in [-0.1, -0.05) is 18.2 Å². The summed E-state index contributed by atoms with van der Waals surface area (Å²) in [5, 5.41) is 11.9. The predicted molar refractivity (Wildman–Crippen MR) is 121 cm³/mol. The van der Waals surface area contributed by atoms with E-state index in [0.29, 0.717) is 49.7 Å². The number of rotatable bonds is 7. The monoisotopic (exact) mass is 456 g/mol. The molecule has 0 aliphatic carbocycles. The molecule has 0 saturated carbocycles. The number of likely N-dealkylation sites (N-methyl/N-ethyl adjacent to an activating group) is 1. The van der Waals surface area contributed by atoms with Crippen LogP contribution in [0.15, 0.2) is 47.4 Å². The van der Waals surface area contributed by atoms with Crippen molar-refractivity contribution in [1.82, 2.24) is 9.21 Å². The zero-order valence-corrected chi connectivity index (χ0v) is 19.4. The number of nitriles is 1. The largest absolute Gasteiger partial charge is 0.379 e. The first kappa shape index (κ1) is 23.9. The van der Waals surface area contributed by atoms with Gasteiger partial charge >= 0.3 is 0 Å². The number of ether oxygens (including phenoxy) is 1. The predicted octanol–water partition coefficient (Wildman–Crippen LogP) is 2.35. The number of morpholine rings is 1. The first-order valence-corrected chi connectivity index (χ1v) is 11.8. The SMILES string of the molecule is Cc1ccc(NC(=O)C(C)N(C)Cc2cccc(C#N)c2)cc1S(=O)(=O)N1CCOCC1. The molecule has 8 nitrogen and oxygen atoms in total. The van der Waals surface area contributed by atoms with Gasteiger partial charge in [-0.15, -0.1) is 0 Å². The molecule has 0 radical (unpaired) electrons. The maximum atomic E-state index is 13.1. The first-order chi connectivity index (χ1) is 15.2. The molecular weight excluding hydrogens is 428 g/mol. The van der Waals surface area contributed by atoms with Gasteiger partial charge in [0.1, 0.15) is 0 Å². The van der Waals surface area contributed by atoms with Crippen molar-refractivity contribution in [2.75, 3.05) is 38.7 Å². The number of aryl methyl sites for hydroxylation is 1. The summed E-state index contributed by atoms with van der Waals surface area (Å²) >= 11 is 0. The molecule has 1 fully saturated rings. The van der Waals surface area contributed by atoms with Crippen molar-refractivity contribution in [2.45, 2.75) is 31.3 Å². The molecule has 0 bridgehead atoms. The summed E-state index contributed by atoms with van der Waals surface area (Å²) in [7, 11) is -1.84. The molecule has 1 amide bonds. The zero-order chi connectivity index (χ0) is 23.3. The van der Waals surface area contributed by atoms with Crippen LogP contribution in [0.5, 0.6) is 0 Å². The Morgan fingerprint density at radius 2 is 1.97 bits per heavy atom. The number of nitrogens with zero attached hydrogens (tertiary/aromatic N) is 3. The highest BCUT2D eigenvalue weighted by Gasteiger charge is 2.28. The Bertz CT molecular complexity index is 1120.